The molecule has 0 unspecified atom stereocenters. The Labute approximate surface area is 138 Å². The fourth-order valence-electron chi connectivity index (χ4n) is 2.24. The third-order valence-corrected chi connectivity index (χ3v) is 3.46. The number of anilines is 1. The van der Waals surface area contributed by atoms with E-state index in [0.717, 1.165) is 5.56 Å². The molecule has 0 bridgehead atoms. The standard InChI is InChI=1S/C16H19N5O3/c1-11(7-23-8-12-5-3-2-4-6-12)24-10-21-9-18-13-14(21)19-16(17)20-15(13)22/h2-6,9,11H,7-8,10H2,1H3,(H3,17,19,20,22)/t11-/m1/s1. The van der Waals surface area contributed by atoms with Crippen LogP contribution in [0.2, 0.25) is 0 Å². The minimum Gasteiger partial charge on any atom is -0.374 e. The first-order chi connectivity index (χ1) is 11.6. The number of nitrogens with zero attached hydrogens (tertiary/aromatic N) is 3. The van der Waals surface area contributed by atoms with E-state index in [4.69, 9.17) is 15.2 Å². The van der Waals surface area contributed by atoms with Crippen LogP contribution in [0.1, 0.15) is 12.5 Å². The quantitative estimate of drug-likeness (QED) is 0.676. The Bertz CT molecular complexity index is 859. The average molecular weight is 329 g/mol. The van der Waals surface area contributed by atoms with Crippen molar-refractivity contribution in [3.05, 3.63) is 52.6 Å². The van der Waals surface area contributed by atoms with E-state index in [1.165, 1.54) is 6.33 Å². The predicted molar refractivity (Wildman–Crippen MR) is 89.2 cm³/mol. The number of aromatic nitrogens is 4. The van der Waals surface area contributed by atoms with Crippen molar-refractivity contribution in [3.8, 4) is 0 Å². The van der Waals surface area contributed by atoms with Crippen molar-refractivity contribution in [2.75, 3.05) is 12.3 Å². The summed E-state index contributed by atoms with van der Waals surface area (Å²) in [6.45, 7) is 3.12. The highest BCUT2D eigenvalue weighted by atomic mass is 16.5. The fraction of sp³-hybridized carbons (Fsp3) is 0.312. The summed E-state index contributed by atoms with van der Waals surface area (Å²) in [5.74, 6) is 0.0495. The highest BCUT2D eigenvalue weighted by Crippen LogP contribution is 2.08. The molecular weight excluding hydrogens is 310 g/mol. The van der Waals surface area contributed by atoms with E-state index in [1.807, 2.05) is 37.3 Å². The molecule has 0 fully saturated rings. The van der Waals surface area contributed by atoms with Gasteiger partial charge in [0.15, 0.2) is 11.2 Å². The molecule has 0 saturated carbocycles. The topological polar surface area (TPSA) is 108 Å². The van der Waals surface area contributed by atoms with Gasteiger partial charge in [-0.25, -0.2) is 4.98 Å². The summed E-state index contributed by atoms with van der Waals surface area (Å²) in [4.78, 5) is 22.2. The molecule has 0 amide bonds. The number of ether oxygens (including phenoxy) is 2. The van der Waals surface area contributed by atoms with Gasteiger partial charge in [-0.2, -0.15) is 4.98 Å². The summed E-state index contributed by atoms with van der Waals surface area (Å²) in [7, 11) is 0. The third kappa shape index (κ3) is 3.79. The molecule has 2 heterocycles. The molecule has 0 aliphatic carbocycles. The summed E-state index contributed by atoms with van der Waals surface area (Å²) in [6, 6.07) is 9.94. The second kappa shape index (κ2) is 7.24. The zero-order valence-corrected chi connectivity index (χ0v) is 13.3. The molecule has 0 spiro atoms. The Morgan fingerprint density at radius 3 is 2.92 bits per heavy atom. The third-order valence-electron chi connectivity index (χ3n) is 3.46. The summed E-state index contributed by atoms with van der Waals surface area (Å²) < 4.78 is 13.0. The van der Waals surface area contributed by atoms with Crippen molar-refractivity contribution < 1.29 is 9.47 Å². The van der Waals surface area contributed by atoms with Crippen LogP contribution in [0.5, 0.6) is 0 Å². The van der Waals surface area contributed by atoms with Crippen LogP contribution >= 0.6 is 0 Å². The average Bonchev–Trinajstić information content (AvgIpc) is 2.97. The van der Waals surface area contributed by atoms with Gasteiger partial charge < -0.3 is 15.2 Å². The number of imidazole rings is 1. The van der Waals surface area contributed by atoms with E-state index in [-0.39, 0.29) is 29.9 Å². The first-order valence-corrected chi connectivity index (χ1v) is 7.57. The molecule has 0 aliphatic rings. The lowest BCUT2D eigenvalue weighted by molar-refractivity contribution is -0.0384. The molecular formula is C16H19N5O3. The second-order valence-corrected chi connectivity index (χ2v) is 5.44. The van der Waals surface area contributed by atoms with Gasteiger partial charge in [-0.15, -0.1) is 0 Å². The van der Waals surface area contributed by atoms with Crippen LogP contribution in [-0.2, 0) is 22.8 Å². The predicted octanol–water partition coefficient (Wildman–Crippen LogP) is 1.28. The number of benzene rings is 1. The Kier molecular flexibility index (Phi) is 4.88. The number of H-pyrrole nitrogens is 1. The fourth-order valence-corrected chi connectivity index (χ4v) is 2.24. The molecule has 0 saturated heterocycles. The lowest BCUT2D eigenvalue weighted by Crippen LogP contribution is -2.18. The SMILES string of the molecule is C[C@H](COCc1ccccc1)OCn1cnc2c(=O)[nH]c(N)nc21. The van der Waals surface area contributed by atoms with Gasteiger partial charge in [0.05, 0.1) is 25.6 Å². The first-order valence-electron chi connectivity index (χ1n) is 7.57. The molecule has 3 aromatic rings. The summed E-state index contributed by atoms with van der Waals surface area (Å²) in [5.41, 5.74) is 6.94. The van der Waals surface area contributed by atoms with Gasteiger partial charge in [-0.3, -0.25) is 14.3 Å². The van der Waals surface area contributed by atoms with Crippen LogP contribution in [0.4, 0.5) is 5.95 Å². The largest absolute Gasteiger partial charge is 0.374 e. The molecule has 2 aromatic heterocycles. The van der Waals surface area contributed by atoms with Gasteiger partial charge in [0.25, 0.3) is 5.56 Å². The number of hydrogen-bond acceptors (Lipinski definition) is 6. The van der Waals surface area contributed by atoms with Crippen LogP contribution in [0.15, 0.2) is 41.5 Å². The summed E-state index contributed by atoms with van der Waals surface area (Å²) >= 11 is 0. The second-order valence-electron chi connectivity index (χ2n) is 5.44. The van der Waals surface area contributed by atoms with Crippen LogP contribution in [0.25, 0.3) is 11.2 Å². The molecule has 3 rings (SSSR count). The lowest BCUT2D eigenvalue weighted by atomic mass is 10.2. The number of nitrogens with one attached hydrogen (secondary N) is 1. The molecule has 24 heavy (non-hydrogen) atoms. The minimum atomic E-state index is -0.365. The van der Waals surface area contributed by atoms with Gasteiger partial charge in [0, 0.05) is 0 Å². The maximum absolute atomic E-state index is 11.7. The van der Waals surface area contributed by atoms with Gasteiger partial charge in [0.2, 0.25) is 5.95 Å². The van der Waals surface area contributed by atoms with E-state index in [0.29, 0.717) is 18.9 Å². The monoisotopic (exact) mass is 329 g/mol. The highest BCUT2D eigenvalue weighted by molar-refractivity contribution is 5.70. The van der Waals surface area contributed by atoms with E-state index >= 15 is 0 Å². The van der Waals surface area contributed by atoms with Crippen molar-refractivity contribution >= 4 is 17.1 Å². The lowest BCUT2D eigenvalue weighted by Gasteiger charge is -2.14. The van der Waals surface area contributed by atoms with E-state index in [9.17, 15) is 4.79 Å². The number of hydrogen-bond donors (Lipinski definition) is 2. The van der Waals surface area contributed by atoms with Crippen LogP contribution < -0.4 is 11.3 Å². The van der Waals surface area contributed by atoms with Gasteiger partial charge in [-0.1, -0.05) is 30.3 Å². The van der Waals surface area contributed by atoms with E-state index < -0.39 is 0 Å². The van der Waals surface area contributed by atoms with Crippen molar-refractivity contribution in [3.63, 3.8) is 0 Å². The van der Waals surface area contributed by atoms with Gasteiger partial charge in [-0.05, 0) is 12.5 Å². The number of aromatic amines is 1. The molecule has 8 heteroatoms. The summed E-state index contributed by atoms with van der Waals surface area (Å²) in [5, 5.41) is 0. The van der Waals surface area contributed by atoms with Crippen molar-refractivity contribution in [2.45, 2.75) is 26.4 Å². The zero-order valence-electron chi connectivity index (χ0n) is 13.3. The van der Waals surface area contributed by atoms with Crippen LogP contribution in [0, 0.1) is 0 Å². The normalized spacial score (nSPS) is 12.5. The maximum Gasteiger partial charge on any atom is 0.280 e. The van der Waals surface area contributed by atoms with E-state index in [2.05, 4.69) is 15.0 Å². The van der Waals surface area contributed by atoms with Crippen molar-refractivity contribution in [2.24, 2.45) is 0 Å². The van der Waals surface area contributed by atoms with Crippen LogP contribution in [-0.4, -0.2) is 32.2 Å². The number of fused-ring (bicyclic) bond motifs is 1. The first kappa shape index (κ1) is 16.2. The number of nitrogen functional groups attached to an aromatic ring is 1. The Morgan fingerprint density at radius 1 is 1.33 bits per heavy atom. The van der Waals surface area contributed by atoms with Gasteiger partial charge >= 0.3 is 0 Å². The molecule has 126 valence electrons. The molecule has 0 aliphatic heterocycles. The Balaban J connectivity index is 1.53. The Hall–Kier alpha value is -2.71. The summed E-state index contributed by atoms with van der Waals surface area (Å²) in [6.07, 6.45) is 1.38. The van der Waals surface area contributed by atoms with Crippen molar-refractivity contribution in [1.29, 1.82) is 0 Å². The molecule has 8 nitrogen and oxygen atoms in total. The maximum atomic E-state index is 11.7. The number of rotatable bonds is 7. The zero-order chi connectivity index (χ0) is 16.9. The van der Waals surface area contributed by atoms with Crippen LogP contribution in [0.3, 0.4) is 0 Å². The smallest absolute Gasteiger partial charge is 0.280 e. The highest BCUT2D eigenvalue weighted by Gasteiger charge is 2.10. The minimum absolute atomic E-state index is 0.0495. The Morgan fingerprint density at radius 2 is 2.12 bits per heavy atom. The molecule has 1 atom stereocenters. The molecule has 0 radical (unpaired) electrons. The van der Waals surface area contributed by atoms with Crippen molar-refractivity contribution in [1.82, 2.24) is 19.5 Å². The molecule has 3 N–H and O–H groups in total. The molecule has 1 aromatic carbocycles. The number of nitrogens with two attached hydrogens (primary N) is 1. The van der Waals surface area contributed by atoms with Gasteiger partial charge in [0.1, 0.15) is 6.73 Å². The van der Waals surface area contributed by atoms with E-state index in [1.54, 1.807) is 4.57 Å².